The van der Waals surface area contributed by atoms with Crippen LogP contribution in [-0.2, 0) is 72.9 Å². The van der Waals surface area contributed by atoms with Crippen molar-refractivity contribution in [2.75, 3.05) is 145 Å². The van der Waals surface area contributed by atoms with Crippen LogP contribution in [-0.4, -0.2) is 168 Å². The number of carboxylic acids is 1. The molecule has 0 saturated carbocycles. The molecule has 0 spiro atoms. The van der Waals surface area contributed by atoms with Crippen molar-refractivity contribution in [2.45, 2.75) is 71.1 Å². The number of hydrogen-bond acceptors (Lipinski definition) is 15. The summed E-state index contributed by atoms with van der Waals surface area (Å²) in [5.41, 5.74) is 1.37. The van der Waals surface area contributed by atoms with E-state index in [1.165, 1.54) is 50.5 Å². The van der Waals surface area contributed by atoms with Crippen LogP contribution in [0.1, 0.15) is 70.3 Å². The number of ether oxygens (including phenoxy) is 12. The zero-order chi connectivity index (χ0) is 41.8. The summed E-state index contributed by atoms with van der Waals surface area (Å²) in [6.45, 7) is 11.7. The second-order valence-corrected chi connectivity index (χ2v) is 12.9. The summed E-state index contributed by atoms with van der Waals surface area (Å²) in [5, 5.41) is 8.46. The lowest BCUT2D eigenvalue weighted by molar-refractivity contribution is -0.151. The molecule has 16 heteroatoms. The van der Waals surface area contributed by atoms with Gasteiger partial charge in [0.1, 0.15) is 19.0 Å². The molecule has 336 valence electrons. The highest BCUT2D eigenvalue weighted by Gasteiger charge is 2.14. The van der Waals surface area contributed by atoms with E-state index < -0.39 is 17.7 Å². The summed E-state index contributed by atoms with van der Waals surface area (Å²) < 4.78 is 65.3. The van der Waals surface area contributed by atoms with Gasteiger partial charge in [0.05, 0.1) is 139 Å². The molecule has 0 aliphatic carbocycles. The maximum absolute atomic E-state index is 11.4. The van der Waals surface area contributed by atoms with Gasteiger partial charge in [-0.15, -0.1) is 0 Å². The van der Waals surface area contributed by atoms with Crippen LogP contribution in [0, 0.1) is 0 Å². The first-order valence-corrected chi connectivity index (χ1v) is 20.9. The minimum atomic E-state index is -1.56. The van der Waals surface area contributed by atoms with Crippen LogP contribution in [0.5, 0.6) is 5.75 Å². The molecule has 1 N–H and O–H groups in total. The van der Waals surface area contributed by atoms with Gasteiger partial charge in [0.25, 0.3) is 0 Å². The standard InChI is InChI=1S/C42H72O16/c1-2-3-4-5-6-7-8-9-38-10-12-39(13-11-38)57-36-34-55-32-30-53-28-26-51-24-22-49-20-18-47-16-17-48-19-21-50-23-25-52-27-29-54-31-33-56-35-37-58-41(44)15-14-40(43)42(45)46/h10-13H,2-9,14-37H2,1H3,(H,45,46). The lowest BCUT2D eigenvalue weighted by Gasteiger charge is -2.09. The molecule has 0 unspecified atom stereocenters. The van der Waals surface area contributed by atoms with Gasteiger partial charge < -0.3 is 61.9 Å². The number of Topliss-reactive ketones (excluding diaryl/α,β-unsaturated/α-hetero) is 1. The van der Waals surface area contributed by atoms with Gasteiger partial charge in [-0.05, 0) is 30.5 Å². The molecule has 1 rings (SSSR count). The Balaban J connectivity index is 1.69. The predicted molar refractivity (Wildman–Crippen MR) is 215 cm³/mol. The van der Waals surface area contributed by atoms with Crippen molar-refractivity contribution < 1.29 is 76.3 Å². The molecule has 1 aromatic carbocycles. The average molecular weight is 833 g/mol. The van der Waals surface area contributed by atoms with E-state index in [4.69, 9.17) is 61.9 Å². The maximum atomic E-state index is 11.4. The fourth-order valence-corrected chi connectivity index (χ4v) is 4.95. The van der Waals surface area contributed by atoms with Gasteiger partial charge in [-0.25, -0.2) is 4.79 Å². The number of rotatable bonds is 46. The predicted octanol–water partition coefficient (Wildman–Crippen LogP) is 4.50. The van der Waals surface area contributed by atoms with E-state index in [1.54, 1.807) is 0 Å². The number of aliphatic carboxylic acids is 1. The Kier molecular flexibility index (Phi) is 38.9. The number of carbonyl (C=O) groups is 3. The third-order valence-electron chi connectivity index (χ3n) is 8.12. The summed E-state index contributed by atoms with van der Waals surface area (Å²) >= 11 is 0. The summed E-state index contributed by atoms with van der Waals surface area (Å²) in [4.78, 5) is 32.7. The van der Waals surface area contributed by atoms with Crippen molar-refractivity contribution in [3.63, 3.8) is 0 Å². The second-order valence-electron chi connectivity index (χ2n) is 12.9. The molecule has 0 fully saturated rings. The van der Waals surface area contributed by atoms with Crippen LogP contribution < -0.4 is 4.74 Å². The molecular weight excluding hydrogens is 760 g/mol. The minimum absolute atomic E-state index is 0.0129. The Hall–Kier alpha value is -2.77. The number of aryl methyl sites for hydroxylation is 1. The summed E-state index contributed by atoms with van der Waals surface area (Å²) in [5.74, 6) is -2.36. The number of unbranched alkanes of at least 4 members (excludes halogenated alkanes) is 6. The van der Waals surface area contributed by atoms with E-state index >= 15 is 0 Å². The largest absolute Gasteiger partial charge is 0.491 e. The van der Waals surface area contributed by atoms with E-state index in [9.17, 15) is 14.4 Å². The van der Waals surface area contributed by atoms with Crippen molar-refractivity contribution in [2.24, 2.45) is 0 Å². The minimum Gasteiger partial charge on any atom is -0.491 e. The lowest BCUT2D eigenvalue weighted by Crippen LogP contribution is -2.17. The first-order chi connectivity index (χ1) is 28.5. The van der Waals surface area contributed by atoms with Crippen LogP contribution in [0.25, 0.3) is 0 Å². The van der Waals surface area contributed by atoms with Crippen LogP contribution in [0.15, 0.2) is 24.3 Å². The van der Waals surface area contributed by atoms with Crippen molar-refractivity contribution >= 4 is 17.7 Å². The normalized spacial score (nSPS) is 11.3. The van der Waals surface area contributed by atoms with Crippen molar-refractivity contribution in [3.05, 3.63) is 29.8 Å². The number of carboxylic acid groups (broad SMARTS) is 1. The molecule has 0 bridgehead atoms. The lowest BCUT2D eigenvalue weighted by atomic mass is 10.0. The summed E-state index contributed by atoms with van der Waals surface area (Å²) in [6.07, 6.45) is 9.78. The van der Waals surface area contributed by atoms with Crippen LogP contribution >= 0.6 is 0 Å². The Morgan fingerprint density at radius 3 is 1.16 bits per heavy atom. The van der Waals surface area contributed by atoms with Crippen LogP contribution in [0.4, 0.5) is 0 Å². The fourth-order valence-electron chi connectivity index (χ4n) is 4.95. The van der Waals surface area contributed by atoms with Gasteiger partial charge in [0.2, 0.25) is 5.78 Å². The van der Waals surface area contributed by atoms with Crippen molar-refractivity contribution in [1.82, 2.24) is 0 Å². The van der Waals surface area contributed by atoms with E-state index in [1.807, 2.05) is 12.1 Å². The second kappa shape index (κ2) is 42.4. The highest BCUT2D eigenvalue weighted by molar-refractivity contribution is 6.32. The van der Waals surface area contributed by atoms with Crippen molar-refractivity contribution in [3.8, 4) is 5.75 Å². The third-order valence-corrected chi connectivity index (χ3v) is 8.12. The summed E-state index contributed by atoms with van der Waals surface area (Å²) in [6, 6.07) is 8.42. The van der Waals surface area contributed by atoms with Gasteiger partial charge in [0, 0.05) is 6.42 Å². The molecule has 0 heterocycles. The van der Waals surface area contributed by atoms with Gasteiger partial charge in [0.15, 0.2) is 0 Å². The number of carbonyl (C=O) groups excluding carboxylic acids is 2. The number of benzene rings is 1. The van der Waals surface area contributed by atoms with E-state index in [-0.39, 0.29) is 26.1 Å². The Bertz CT molecular complexity index is 1070. The fraction of sp³-hybridized carbons (Fsp3) is 0.786. The number of hydrogen-bond donors (Lipinski definition) is 1. The first-order valence-electron chi connectivity index (χ1n) is 20.9. The Morgan fingerprint density at radius 2 is 0.776 bits per heavy atom. The highest BCUT2D eigenvalue weighted by atomic mass is 16.6. The third kappa shape index (κ3) is 37.5. The molecule has 0 amide bonds. The topological polar surface area (TPSA) is 182 Å². The van der Waals surface area contributed by atoms with Crippen molar-refractivity contribution in [1.29, 1.82) is 0 Å². The van der Waals surface area contributed by atoms with Crippen LogP contribution in [0.2, 0.25) is 0 Å². The Morgan fingerprint density at radius 1 is 0.431 bits per heavy atom. The zero-order valence-corrected chi connectivity index (χ0v) is 35.0. The average Bonchev–Trinajstić information content (AvgIpc) is 3.23. The van der Waals surface area contributed by atoms with E-state index in [2.05, 4.69) is 19.1 Å². The van der Waals surface area contributed by atoms with Gasteiger partial charge >= 0.3 is 11.9 Å². The molecule has 0 radical (unpaired) electrons. The highest BCUT2D eigenvalue weighted by Crippen LogP contribution is 2.15. The monoisotopic (exact) mass is 832 g/mol. The molecule has 0 aromatic heterocycles. The molecule has 0 saturated heterocycles. The van der Waals surface area contributed by atoms with E-state index in [0.29, 0.717) is 132 Å². The molecular formula is C42H72O16. The molecule has 1 aromatic rings. The van der Waals surface area contributed by atoms with Gasteiger partial charge in [-0.3, -0.25) is 9.59 Å². The van der Waals surface area contributed by atoms with Crippen LogP contribution in [0.3, 0.4) is 0 Å². The Labute approximate surface area is 345 Å². The molecule has 0 aliphatic heterocycles. The summed E-state index contributed by atoms with van der Waals surface area (Å²) in [7, 11) is 0. The SMILES string of the molecule is CCCCCCCCCc1ccc(OCCOCCOCCOCCOCCOCCOCCOCCOCCOCCOCCOC(=O)CCC(=O)C(=O)O)cc1. The van der Waals surface area contributed by atoms with E-state index in [0.717, 1.165) is 12.2 Å². The quantitative estimate of drug-likeness (QED) is 0.0550. The molecule has 16 nitrogen and oxygen atoms in total. The molecule has 58 heavy (non-hydrogen) atoms. The molecule has 0 atom stereocenters. The zero-order valence-electron chi connectivity index (χ0n) is 35.0. The maximum Gasteiger partial charge on any atom is 0.372 e. The molecule has 0 aliphatic rings. The first kappa shape index (κ1) is 53.2. The van der Waals surface area contributed by atoms with Gasteiger partial charge in [-0.1, -0.05) is 57.6 Å². The van der Waals surface area contributed by atoms with Gasteiger partial charge in [-0.2, -0.15) is 0 Å². The number of ketones is 1. The number of esters is 1. The smallest absolute Gasteiger partial charge is 0.372 e.